The van der Waals surface area contributed by atoms with Crippen LogP contribution >= 0.6 is 0 Å². The Labute approximate surface area is 187 Å². The van der Waals surface area contributed by atoms with Gasteiger partial charge in [-0.2, -0.15) is 0 Å². The largest absolute Gasteiger partial charge is 0.508 e. The third-order valence-corrected chi connectivity index (χ3v) is 5.64. The molecule has 1 unspecified atom stereocenters. The SMILES string of the molecule is COc1ccc(C2c3ccc(O)cc3Oc3ncn(CCCN(C)C)c(=N)c32)cc1OC. The Balaban J connectivity index is 1.86. The van der Waals surface area contributed by atoms with Crippen LogP contribution in [0.25, 0.3) is 0 Å². The molecule has 0 amide bonds. The maximum absolute atomic E-state index is 10.0. The summed E-state index contributed by atoms with van der Waals surface area (Å²) in [6, 6.07) is 10.8. The van der Waals surface area contributed by atoms with E-state index in [4.69, 9.17) is 19.6 Å². The van der Waals surface area contributed by atoms with Crippen molar-refractivity contribution in [3.63, 3.8) is 0 Å². The van der Waals surface area contributed by atoms with Crippen molar-refractivity contribution >= 4 is 0 Å². The first-order chi connectivity index (χ1) is 15.4. The number of phenols is 1. The summed E-state index contributed by atoms with van der Waals surface area (Å²) >= 11 is 0. The minimum absolute atomic E-state index is 0.110. The van der Waals surface area contributed by atoms with E-state index in [1.165, 1.54) is 0 Å². The lowest BCUT2D eigenvalue weighted by molar-refractivity contribution is 0.354. The van der Waals surface area contributed by atoms with Gasteiger partial charge in [0.1, 0.15) is 23.3 Å². The smallest absolute Gasteiger partial charge is 0.228 e. The summed E-state index contributed by atoms with van der Waals surface area (Å²) in [6.45, 7) is 1.60. The van der Waals surface area contributed by atoms with Gasteiger partial charge in [0.25, 0.3) is 0 Å². The van der Waals surface area contributed by atoms with Crippen LogP contribution in [0.5, 0.6) is 28.9 Å². The number of hydrogen-bond acceptors (Lipinski definition) is 7. The fourth-order valence-corrected chi connectivity index (χ4v) is 4.06. The van der Waals surface area contributed by atoms with Crippen LogP contribution in [-0.4, -0.2) is 54.4 Å². The summed E-state index contributed by atoms with van der Waals surface area (Å²) < 4.78 is 18.8. The van der Waals surface area contributed by atoms with E-state index in [9.17, 15) is 5.11 Å². The molecule has 2 aromatic carbocycles. The van der Waals surface area contributed by atoms with Gasteiger partial charge in [-0.05, 0) is 50.8 Å². The van der Waals surface area contributed by atoms with Crippen LogP contribution in [0.2, 0.25) is 0 Å². The Bertz CT molecular complexity index is 1190. The monoisotopic (exact) mass is 436 g/mol. The summed E-state index contributed by atoms with van der Waals surface area (Å²) in [5.74, 6) is 1.93. The van der Waals surface area contributed by atoms with E-state index in [0.29, 0.717) is 40.7 Å². The first-order valence-electron chi connectivity index (χ1n) is 10.4. The van der Waals surface area contributed by atoms with Gasteiger partial charge in [0, 0.05) is 24.1 Å². The Morgan fingerprint density at radius 1 is 1.12 bits per heavy atom. The van der Waals surface area contributed by atoms with Crippen LogP contribution in [0.15, 0.2) is 42.7 Å². The topological polar surface area (TPSA) is 92.8 Å². The summed E-state index contributed by atoms with van der Waals surface area (Å²) in [4.78, 5) is 6.65. The van der Waals surface area contributed by atoms with Crippen molar-refractivity contribution < 1.29 is 19.3 Å². The molecule has 0 saturated heterocycles. The van der Waals surface area contributed by atoms with E-state index in [2.05, 4.69) is 9.88 Å². The lowest BCUT2D eigenvalue weighted by Gasteiger charge is -2.29. The van der Waals surface area contributed by atoms with Gasteiger partial charge in [0.05, 0.1) is 19.8 Å². The van der Waals surface area contributed by atoms with Crippen molar-refractivity contribution in [2.75, 3.05) is 34.9 Å². The molecule has 0 saturated carbocycles. The maximum Gasteiger partial charge on any atom is 0.228 e. The van der Waals surface area contributed by atoms with Crippen LogP contribution in [0.3, 0.4) is 0 Å². The lowest BCUT2D eigenvalue weighted by Crippen LogP contribution is -2.30. The van der Waals surface area contributed by atoms with E-state index >= 15 is 0 Å². The maximum atomic E-state index is 10.0. The molecule has 1 aliphatic heterocycles. The quantitative estimate of drug-likeness (QED) is 0.462. The number of aromatic nitrogens is 2. The molecule has 1 aliphatic rings. The van der Waals surface area contributed by atoms with Crippen molar-refractivity contribution in [3.8, 4) is 28.9 Å². The van der Waals surface area contributed by atoms with Gasteiger partial charge in [-0.3, -0.25) is 5.41 Å². The number of nitrogens with zero attached hydrogens (tertiary/aromatic N) is 3. The summed E-state index contributed by atoms with van der Waals surface area (Å²) in [5, 5.41) is 19.0. The van der Waals surface area contributed by atoms with Crippen LogP contribution in [0.4, 0.5) is 0 Å². The molecule has 2 N–H and O–H groups in total. The minimum Gasteiger partial charge on any atom is -0.508 e. The van der Waals surface area contributed by atoms with Crippen LogP contribution in [0.1, 0.15) is 29.0 Å². The Morgan fingerprint density at radius 3 is 2.62 bits per heavy atom. The van der Waals surface area contributed by atoms with Gasteiger partial charge >= 0.3 is 0 Å². The molecule has 0 bridgehead atoms. The van der Waals surface area contributed by atoms with Gasteiger partial charge in [-0.15, -0.1) is 0 Å². The van der Waals surface area contributed by atoms with E-state index in [0.717, 1.165) is 24.1 Å². The Hall–Kier alpha value is -3.52. The number of aryl methyl sites for hydroxylation is 1. The second kappa shape index (κ2) is 8.92. The molecule has 0 spiro atoms. The highest BCUT2D eigenvalue weighted by molar-refractivity contribution is 5.58. The highest BCUT2D eigenvalue weighted by atomic mass is 16.5. The van der Waals surface area contributed by atoms with Crippen LogP contribution in [0, 0.1) is 5.41 Å². The number of ether oxygens (including phenoxy) is 3. The first-order valence-corrected chi connectivity index (χ1v) is 10.4. The Morgan fingerprint density at radius 2 is 1.91 bits per heavy atom. The Kier molecular flexibility index (Phi) is 6.05. The predicted molar refractivity (Wildman–Crippen MR) is 120 cm³/mol. The highest BCUT2D eigenvalue weighted by Crippen LogP contribution is 2.47. The van der Waals surface area contributed by atoms with Crippen molar-refractivity contribution in [1.82, 2.24) is 14.5 Å². The number of methoxy groups -OCH3 is 2. The molecule has 8 nitrogen and oxygen atoms in total. The molecule has 32 heavy (non-hydrogen) atoms. The normalized spacial score (nSPS) is 14.5. The van der Waals surface area contributed by atoms with Crippen molar-refractivity contribution in [1.29, 1.82) is 5.41 Å². The molecule has 4 rings (SSSR count). The number of rotatable bonds is 7. The van der Waals surface area contributed by atoms with Crippen molar-refractivity contribution in [2.45, 2.75) is 18.9 Å². The molecule has 168 valence electrons. The van der Waals surface area contributed by atoms with Gasteiger partial charge in [0.2, 0.25) is 5.88 Å². The number of benzene rings is 2. The fraction of sp³-hybridized carbons (Fsp3) is 0.333. The molecule has 1 atom stereocenters. The number of nitrogens with one attached hydrogen (secondary N) is 1. The number of phenolic OH excluding ortho intramolecular Hbond substituents is 1. The third-order valence-electron chi connectivity index (χ3n) is 5.64. The van der Waals surface area contributed by atoms with Gasteiger partial charge in [-0.25, -0.2) is 4.98 Å². The summed E-state index contributed by atoms with van der Waals surface area (Å²) in [7, 11) is 7.26. The number of hydrogen-bond donors (Lipinski definition) is 2. The molecule has 0 fully saturated rings. The van der Waals surface area contributed by atoms with E-state index in [1.807, 2.05) is 42.9 Å². The third kappa shape index (κ3) is 4.01. The predicted octanol–water partition coefficient (Wildman–Crippen LogP) is 3.32. The lowest BCUT2D eigenvalue weighted by atomic mass is 9.83. The van der Waals surface area contributed by atoms with Crippen molar-refractivity contribution in [2.24, 2.45) is 0 Å². The summed E-state index contributed by atoms with van der Waals surface area (Å²) in [6.07, 6.45) is 2.55. The zero-order valence-corrected chi connectivity index (χ0v) is 18.8. The fourth-order valence-electron chi connectivity index (χ4n) is 4.06. The minimum atomic E-state index is -0.310. The van der Waals surface area contributed by atoms with Gasteiger partial charge < -0.3 is 28.8 Å². The van der Waals surface area contributed by atoms with E-state index in [1.54, 1.807) is 32.7 Å². The number of fused-ring (bicyclic) bond motifs is 2. The average Bonchev–Trinajstić information content (AvgIpc) is 2.78. The zero-order valence-electron chi connectivity index (χ0n) is 18.8. The first kappa shape index (κ1) is 21.7. The molecular weight excluding hydrogens is 408 g/mol. The van der Waals surface area contributed by atoms with E-state index < -0.39 is 0 Å². The molecule has 3 aromatic rings. The standard InChI is InChI=1S/C24H28N4O4/c1-27(2)10-5-11-28-14-26-24-22(23(28)25)21(17-8-7-16(29)13-19(17)32-24)15-6-9-18(30-3)20(12-15)31-4/h6-9,12-14,21,25,29H,5,10-11H2,1-4H3. The van der Waals surface area contributed by atoms with Crippen molar-refractivity contribution in [3.05, 3.63) is 64.9 Å². The molecular formula is C24H28N4O4. The molecule has 0 radical (unpaired) electrons. The number of aromatic hydroxyl groups is 1. The molecule has 1 aromatic heterocycles. The highest BCUT2D eigenvalue weighted by Gasteiger charge is 2.32. The average molecular weight is 437 g/mol. The van der Waals surface area contributed by atoms with Crippen LogP contribution in [-0.2, 0) is 6.54 Å². The molecule has 0 aliphatic carbocycles. The van der Waals surface area contributed by atoms with Gasteiger partial charge in [0.15, 0.2) is 11.5 Å². The van der Waals surface area contributed by atoms with E-state index in [-0.39, 0.29) is 11.7 Å². The molecule has 2 heterocycles. The summed E-state index contributed by atoms with van der Waals surface area (Å²) in [5.41, 5.74) is 2.80. The molecule has 8 heteroatoms. The second-order valence-corrected chi connectivity index (χ2v) is 8.03. The second-order valence-electron chi connectivity index (χ2n) is 8.03. The zero-order chi connectivity index (χ0) is 22.8. The van der Waals surface area contributed by atoms with Gasteiger partial charge in [-0.1, -0.05) is 12.1 Å². The van der Waals surface area contributed by atoms with Crippen LogP contribution < -0.4 is 19.7 Å².